The molecule has 0 bridgehead atoms. The Bertz CT molecular complexity index is 173. The van der Waals surface area contributed by atoms with E-state index in [0.717, 1.165) is 19.3 Å². The molecule has 0 aromatic carbocycles. The highest BCUT2D eigenvalue weighted by Gasteiger charge is 2.51. The molecule has 0 spiro atoms. The van der Waals surface area contributed by atoms with Crippen molar-refractivity contribution in [2.75, 3.05) is 6.61 Å². The van der Waals surface area contributed by atoms with Crippen LogP contribution in [0.15, 0.2) is 0 Å². The fourth-order valence-electron chi connectivity index (χ4n) is 1.29. The van der Waals surface area contributed by atoms with Crippen LogP contribution in [0.2, 0.25) is 0 Å². The minimum absolute atomic E-state index is 0.00782. The highest BCUT2D eigenvalue weighted by molar-refractivity contribution is 5.76. The van der Waals surface area contributed by atoms with Gasteiger partial charge in [0.25, 0.3) is 0 Å². The van der Waals surface area contributed by atoms with E-state index in [2.05, 4.69) is 20.8 Å². The highest BCUT2D eigenvalue weighted by atomic mass is 16.5. The average Bonchev–Trinajstić information content (AvgIpc) is 2.60. The van der Waals surface area contributed by atoms with Gasteiger partial charge in [0.05, 0.1) is 12.5 Å². The van der Waals surface area contributed by atoms with Crippen LogP contribution in [-0.2, 0) is 9.53 Å². The molecular formula is C10H18O2. The van der Waals surface area contributed by atoms with E-state index >= 15 is 0 Å². The first-order chi connectivity index (χ1) is 5.58. The molecule has 2 heteroatoms. The molecule has 0 aliphatic heterocycles. The Morgan fingerprint density at radius 3 is 2.58 bits per heavy atom. The molecule has 0 amide bonds. The Balaban J connectivity index is 2.14. The summed E-state index contributed by atoms with van der Waals surface area (Å²) < 4.78 is 5.10. The predicted molar refractivity (Wildman–Crippen MR) is 47.8 cm³/mol. The maximum atomic E-state index is 11.3. The van der Waals surface area contributed by atoms with Gasteiger partial charge in [-0.15, -0.1) is 0 Å². The standard InChI is InChI=1S/C10H18O2/c1-4-5-6-12-9(11)8-7-10(8,2)3/h8H,4-7H2,1-3H3/t8-/m1/s1. The Morgan fingerprint density at radius 2 is 2.17 bits per heavy atom. The summed E-state index contributed by atoms with van der Waals surface area (Å²) in [6.07, 6.45) is 3.07. The van der Waals surface area contributed by atoms with E-state index in [1.165, 1.54) is 0 Å². The third-order valence-corrected chi connectivity index (χ3v) is 2.54. The molecule has 1 saturated carbocycles. The van der Waals surface area contributed by atoms with Crippen LogP contribution in [-0.4, -0.2) is 12.6 Å². The molecule has 1 fully saturated rings. The van der Waals surface area contributed by atoms with E-state index in [1.54, 1.807) is 0 Å². The molecule has 2 nitrogen and oxygen atoms in total. The molecule has 0 N–H and O–H groups in total. The zero-order valence-electron chi connectivity index (χ0n) is 8.22. The molecular weight excluding hydrogens is 152 g/mol. The second-order valence-corrected chi connectivity index (χ2v) is 4.27. The first kappa shape index (κ1) is 9.56. The van der Waals surface area contributed by atoms with Gasteiger partial charge in [-0.2, -0.15) is 0 Å². The van der Waals surface area contributed by atoms with Gasteiger partial charge >= 0.3 is 5.97 Å². The van der Waals surface area contributed by atoms with Gasteiger partial charge in [0, 0.05) is 0 Å². The van der Waals surface area contributed by atoms with E-state index < -0.39 is 0 Å². The van der Waals surface area contributed by atoms with E-state index in [1.807, 2.05) is 0 Å². The summed E-state index contributed by atoms with van der Waals surface area (Å²) in [5, 5.41) is 0. The van der Waals surface area contributed by atoms with Crippen molar-refractivity contribution < 1.29 is 9.53 Å². The van der Waals surface area contributed by atoms with Crippen LogP contribution in [0.5, 0.6) is 0 Å². The van der Waals surface area contributed by atoms with Gasteiger partial charge < -0.3 is 4.74 Å². The number of rotatable bonds is 4. The normalized spacial score (nSPS) is 25.1. The smallest absolute Gasteiger partial charge is 0.309 e. The maximum absolute atomic E-state index is 11.3. The fourth-order valence-corrected chi connectivity index (χ4v) is 1.29. The zero-order valence-corrected chi connectivity index (χ0v) is 8.22. The number of carbonyl (C=O) groups excluding carboxylic acids is 1. The Labute approximate surface area is 74.3 Å². The lowest BCUT2D eigenvalue weighted by molar-refractivity contribution is -0.146. The predicted octanol–water partition coefficient (Wildman–Crippen LogP) is 2.38. The quantitative estimate of drug-likeness (QED) is 0.478. The Kier molecular flexibility index (Phi) is 2.76. The summed E-state index contributed by atoms with van der Waals surface area (Å²) in [5.74, 6) is 0.183. The van der Waals surface area contributed by atoms with Crippen LogP contribution in [0, 0.1) is 11.3 Å². The minimum atomic E-state index is 0.00782. The summed E-state index contributed by atoms with van der Waals surface area (Å²) in [6.45, 7) is 6.91. The molecule has 12 heavy (non-hydrogen) atoms. The second-order valence-electron chi connectivity index (χ2n) is 4.27. The SMILES string of the molecule is CCCCOC(=O)[C@H]1CC1(C)C. The van der Waals surface area contributed by atoms with Gasteiger partial charge in [0.15, 0.2) is 0 Å². The molecule has 0 heterocycles. The number of unbranched alkanes of at least 4 members (excludes halogenated alkanes) is 1. The van der Waals surface area contributed by atoms with E-state index in [9.17, 15) is 4.79 Å². The number of carbonyl (C=O) groups is 1. The molecule has 1 aliphatic carbocycles. The van der Waals surface area contributed by atoms with Crippen molar-refractivity contribution in [2.24, 2.45) is 11.3 Å². The van der Waals surface area contributed by atoms with Gasteiger partial charge in [0.1, 0.15) is 0 Å². The summed E-state index contributed by atoms with van der Waals surface area (Å²) in [6, 6.07) is 0. The minimum Gasteiger partial charge on any atom is -0.465 e. The van der Waals surface area contributed by atoms with Crippen LogP contribution in [0.25, 0.3) is 0 Å². The van der Waals surface area contributed by atoms with E-state index in [-0.39, 0.29) is 17.3 Å². The van der Waals surface area contributed by atoms with E-state index in [4.69, 9.17) is 4.74 Å². The molecule has 1 atom stereocenters. The first-order valence-corrected chi connectivity index (χ1v) is 4.74. The maximum Gasteiger partial charge on any atom is 0.309 e. The van der Waals surface area contributed by atoms with Gasteiger partial charge in [-0.1, -0.05) is 27.2 Å². The molecule has 1 aliphatic rings. The lowest BCUT2D eigenvalue weighted by Gasteiger charge is -2.04. The number of esters is 1. The largest absolute Gasteiger partial charge is 0.465 e. The van der Waals surface area contributed by atoms with Crippen molar-refractivity contribution in [1.29, 1.82) is 0 Å². The topological polar surface area (TPSA) is 26.3 Å². The number of ether oxygens (including phenoxy) is 1. The molecule has 0 aromatic heterocycles. The second kappa shape index (κ2) is 3.46. The van der Waals surface area contributed by atoms with Crippen LogP contribution in [0.3, 0.4) is 0 Å². The lowest BCUT2D eigenvalue weighted by atomic mass is 10.1. The lowest BCUT2D eigenvalue weighted by Crippen LogP contribution is -2.11. The highest BCUT2D eigenvalue weighted by Crippen LogP contribution is 2.52. The van der Waals surface area contributed by atoms with Crippen molar-refractivity contribution in [3.05, 3.63) is 0 Å². The third-order valence-electron chi connectivity index (χ3n) is 2.54. The zero-order chi connectivity index (χ0) is 9.19. The van der Waals surface area contributed by atoms with E-state index in [0.29, 0.717) is 6.61 Å². The van der Waals surface area contributed by atoms with Crippen LogP contribution < -0.4 is 0 Å². The molecule has 1 rings (SSSR count). The van der Waals surface area contributed by atoms with Crippen molar-refractivity contribution in [1.82, 2.24) is 0 Å². The van der Waals surface area contributed by atoms with Gasteiger partial charge in [-0.25, -0.2) is 0 Å². The van der Waals surface area contributed by atoms with Crippen LogP contribution >= 0.6 is 0 Å². The molecule has 0 radical (unpaired) electrons. The van der Waals surface area contributed by atoms with Crippen molar-refractivity contribution in [2.45, 2.75) is 40.0 Å². The molecule has 70 valence electrons. The Morgan fingerprint density at radius 1 is 1.58 bits per heavy atom. The summed E-state index contributed by atoms with van der Waals surface area (Å²) >= 11 is 0. The first-order valence-electron chi connectivity index (χ1n) is 4.74. The van der Waals surface area contributed by atoms with Crippen molar-refractivity contribution >= 4 is 5.97 Å². The van der Waals surface area contributed by atoms with Crippen molar-refractivity contribution in [3.63, 3.8) is 0 Å². The summed E-state index contributed by atoms with van der Waals surface area (Å²) in [7, 11) is 0. The van der Waals surface area contributed by atoms with Crippen LogP contribution in [0.4, 0.5) is 0 Å². The molecule has 0 aromatic rings. The monoisotopic (exact) mass is 170 g/mol. The molecule has 0 unspecified atom stereocenters. The average molecular weight is 170 g/mol. The van der Waals surface area contributed by atoms with Gasteiger partial charge in [0.2, 0.25) is 0 Å². The third kappa shape index (κ3) is 2.23. The Hall–Kier alpha value is -0.530. The fraction of sp³-hybridized carbons (Fsp3) is 0.900. The molecule has 0 saturated heterocycles. The summed E-state index contributed by atoms with van der Waals surface area (Å²) in [4.78, 5) is 11.3. The van der Waals surface area contributed by atoms with Crippen molar-refractivity contribution in [3.8, 4) is 0 Å². The number of hydrogen-bond donors (Lipinski definition) is 0. The number of hydrogen-bond acceptors (Lipinski definition) is 2. The van der Waals surface area contributed by atoms with Crippen LogP contribution in [0.1, 0.15) is 40.0 Å². The van der Waals surface area contributed by atoms with Gasteiger partial charge in [-0.3, -0.25) is 4.79 Å². The summed E-state index contributed by atoms with van der Waals surface area (Å²) in [5.41, 5.74) is 0.212. The van der Waals surface area contributed by atoms with Gasteiger partial charge in [-0.05, 0) is 18.3 Å².